The molecule has 25 heavy (non-hydrogen) atoms. The molecule has 1 aromatic heterocycles. The van der Waals surface area contributed by atoms with Gasteiger partial charge in [-0.25, -0.2) is 0 Å². The Morgan fingerprint density at radius 1 is 1.20 bits per heavy atom. The third kappa shape index (κ3) is 2.54. The van der Waals surface area contributed by atoms with Crippen molar-refractivity contribution in [1.82, 2.24) is 4.57 Å². The highest BCUT2D eigenvalue weighted by Gasteiger charge is 2.50. The number of rotatable bonds is 1. The van der Waals surface area contributed by atoms with Crippen LogP contribution in [0.15, 0.2) is 47.4 Å². The summed E-state index contributed by atoms with van der Waals surface area (Å²) in [4.78, 5) is 12.4. The van der Waals surface area contributed by atoms with Gasteiger partial charge in [0.1, 0.15) is 17.5 Å². The second-order valence-electron chi connectivity index (χ2n) is 6.93. The third-order valence-corrected chi connectivity index (χ3v) is 5.46. The van der Waals surface area contributed by atoms with Crippen molar-refractivity contribution in [3.63, 3.8) is 0 Å². The van der Waals surface area contributed by atoms with Crippen LogP contribution >= 0.6 is 0 Å². The van der Waals surface area contributed by atoms with Gasteiger partial charge in [-0.2, -0.15) is 5.26 Å². The number of hydrogen-bond acceptors (Lipinski definition) is 4. The Morgan fingerprint density at radius 3 is 2.72 bits per heavy atom. The molecular weight excluding hydrogens is 316 g/mol. The molecular formula is C20H20N2O3. The predicted molar refractivity (Wildman–Crippen MR) is 92.4 cm³/mol. The first kappa shape index (κ1) is 15.9. The standard InChI is InChI=1S/C20H20N2O3/c21-13-14-7-8-16-15(12-14)18(22-11-5-2-6-17(22)23)19(24)20(25-16)9-3-1-4-10-20/h2,5-8,11-12,18-19,24H,1,3-4,9-10H2. The largest absolute Gasteiger partial charge is 0.484 e. The SMILES string of the molecule is N#Cc1ccc2c(c1)C(n1ccccc1=O)C(O)C1(CCCCC1)O2. The fraction of sp³-hybridized carbons (Fsp3) is 0.400. The third-order valence-electron chi connectivity index (χ3n) is 5.46. The Balaban J connectivity index is 1.92. The molecule has 0 amide bonds. The Bertz CT molecular complexity index is 890. The summed E-state index contributed by atoms with van der Waals surface area (Å²) in [5, 5.41) is 20.5. The summed E-state index contributed by atoms with van der Waals surface area (Å²) in [7, 11) is 0. The number of benzene rings is 1. The molecule has 1 saturated carbocycles. The number of aromatic nitrogens is 1. The van der Waals surface area contributed by atoms with Crippen LogP contribution in [0.3, 0.4) is 0 Å². The topological polar surface area (TPSA) is 75.2 Å². The zero-order valence-corrected chi connectivity index (χ0v) is 13.9. The Hall–Kier alpha value is -2.58. The minimum atomic E-state index is -0.839. The highest BCUT2D eigenvalue weighted by molar-refractivity contribution is 5.47. The molecule has 5 nitrogen and oxygen atoms in total. The Kier molecular flexibility index (Phi) is 3.85. The molecule has 128 valence electrons. The van der Waals surface area contributed by atoms with E-state index in [2.05, 4.69) is 6.07 Å². The molecule has 1 fully saturated rings. The van der Waals surface area contributed by atoms with Gasteiger partial charge in [-0.05, 0) is 49.9 Å². The molecule has 2 aliphatic rings. The first-order chi connectivity index (χ1) is 12.1. The zero-order valence-electron chi connectivity index (χ0n) is 13.9. The van der Waals surface area contributed by atoms with Gasteiger partial charge in [0, 0.05) is 17.8 Å². The molecule has 0 bridgehead atoms. The normalized spacial score (nSPS) is 24.2. The number of hydrogen-bond donors (Lipinski definition) is 1. The monoisotopic (exact) mass is 336 g/mol. The lowest BCUT2D eigenvalue weighted by Crippen LogP contribution is -2.56. The van der Waals surface area contributed by atoms with E-state index >= 15 is 0 Å². The summed E-state index contributed by atoms with van der Waals surface area (Å²) in [6.45, 7) is 0. The lowest BCUT2D eigenvalue weighted by molar-refractivity contribution is -0.107. The summed E-state index contributed by atoms with van der Waals surface area (Å²) in [6.07, 6.45) is 5.53. The minimum Gasteiger partial charge on any atom is -0.484 e. The molecule has 0 radical (unpaired) electrons. The van der Waals surface area contributed by atoms with E-state index in [0.717, 1.165) is 32.1 Å². The van der Waals surface area contributed by atoms with Crippen LogP contribution in [-0.4, -0.2) is 21.4 Å². The van der Waals surface area contributed by atoms with E-state index in [1.54, 1.807) is 41.1 Å². The second kappa shape index (κ2) is 6.05. The maximum atomic E-state index is 12.4. The molecule has 1 aliphatic heterocycles. The van der Waals surface area contributed by atoms with E-state index in [4.69, 9.17) is 4.74 Å². The van der Waals surface area contributed by atoms with E-state index in [1.807, 2.05) is 0 Å². The number of ether oxygens (including phenoxy) is 1. The maximum absolute atomic E-state index is 12.4. The maximum Gasteiger partial charge on any atom is 0.251 e. The van der Waals surface area contributed by atoms with Crippen molar-refractivity contribution in [1.29, 1.82) is 5.26 Å². The number of aliphatic hydroxyl groups excluding tert-OH is 1. The summed E-state index contributed by atoms with van der Waals surface area (Å²) in [5.74, 6) is 0.659. The van der Waals surface area contributed by atoms with E-state index in [-0.39, 0.29) is 5.56 Å². The number of nitrogens with zero attached hydrogens (tertiary/aromatic N) is 2. The first-order valence-corrected chi connectivity index (χ1v) is 8.73. The van der Waals surface area contributed by atoms with Crippen LogP contribution in [0.4, 0.5) is 0 Å². The molecule has 4 rings (SSSR count). The van der Waals surface area contributed by atoms with Gasteiger partial charge < -0.3 is 14.4 Å². The van der Waals surface area contributed by atoms with Crippen molar-refractivity contribution in [2.75, 3.05) is 0 Å². The van der Waals surface area contributed by atoms with Gasteiger partial charge >= 0.3 is 0 Å². The molecule has 2 atom stereocenters. The van der Waals surface area contributed by atoms with Crippen molar-refractivity contribution in [2.24, 2.45) is 0 Å². The fourth-order valence-corrected chi connectivity index (χ4v) is 4.20. The fourth-order valence-electron chi connectivity index (χ4n) is 4.20. The molecule has 5 heteroatoms. The summed E-state index contributed by atoms with van der Waals surface area (Å²) in [6, 6.07) is 11.8. The zero-order chi connectivity index (χ0) is 17.4. The van der Waals surface area contributed by atoms with Gasteiger partial charge in [-0.15, -0.1) is 0 Å². The van der Waals surface area contributed by atoms with E-state index in [1.165, 1.54) is 6.07 Å². The van der Waals surface area contributed by atoms with Crippen molar-refractivity contribution >= 4 is 0 Å². The smallest absolute Gasteiger partial charge is 0.251 e. The van der Waals surface area contributed by atoms with Crippen LogP contribution in [-0.2, 0) is 0 Å². The molecule has 2 unspecified atom stereocenters. The Labute approximate surface area is 146 Å². The number of pyridine rings is 1. The van der Waals surface area contributed by atoms with Crippen LogP contribution in [0.2, 0.25) is 0 Å². The second-order valence-corrected chi connectivity index (χ2v) is 6.93. The number of fused-ring (bicyclic) bond motifs is 1. The lowest BCUT2D eigenvalue weighted by atomic mass is 9.74. The minimum absolute atomic E-state index is 0.173. The average molecular weight is 336 g/mol. The number of nitriles is 1. The predicted octanol–water partition coefficient (Wildman–Crippen LogP) is 2.77. The van der Waals surface area contributed by atoms with Crippen molar-refractivity contribution < 1.29 is 9.84 Å². The molecule has 2 aromatic rings. The summed E-state index contributed by atoms with van der Waals surface area (Å²) in [5.41, 5.74) is 0.339. The molecule has 1 aromatic carbocycles. The quantitative estimate of drug-likeness (QED) is 0.869. The van der Waals surface area contributed by atoms with Crippen LogP contribution < -0.4 is 10.3 Å². The molecule has 2 heterocycles. The van der Waals surface area contributed by atoms with Gasteiger partial charge in [0.25, 0.3) is 5.56 Å². The highest BCUT2D eigenvalue weighted by Crippen LogP contribution is 2.47. The van der Waals surface area contributed by atoms with Crippen molar-refractivity contribution in [2.45, 2.75) is 49.9 Å². The Morgan fingerprint density at radius 2 is 2.00 bits per heavy atom. The molecule has 1 aliphatic carbocycles. The lowest BCUT2D eigenvalue weighted by Gasteiger charge is -2.48. The van der Waals surface area contributed by atoms with E-state index in [0.29, 0.717) is 16.9 Å². The van der Waals surface area contributed by atoms with Gasteiger partial charge in [0.05, 0.1) is 17.7 Å². The summed E-state index contributed by atoms with van der Waals surface area (Å²) >= 11 is 0. The van der Waals surface area contributed by atoms with Crippen LogP contribution in [0.5, 0.6) is 5.75 Å². The van der Waals surface area contributed by atoms with Gasteiger partial charge in [-0.1, -0.05) is 12.5 Å². The molecule has 0 saturated heterocycles. The van der Waals surface area contributed by atoms with Crippen LogP contribution in [0.1, 0.15) is 49.3 Å². The van der Waals surface area contributed by atoms with Gasteiger partial charge in [-0.3, -0.25) is 4.79 Å². The van der Waals surface area contributed by atoms with Crippen LogP contribution in [0, 0.1) is 11.3 Å². The van der Waals surface area contributed by atoms with Gasteiger partial charge in [0.2, 0.25) is 0 Å². The molecule has 1 spiro atoms. The molecule has 1 N–H and O–H groups in total. The van der Waals surface area contributed by atoms with Crippen molar-refractivity contribution in [3.05, 3.63) is 64.1 Å². The highest BCUT2D eigenvalue weighted by atomic mass is 16.5. The van der Waals surface area contributed by atoms with Crippen molar-refractivity contribution in [3.8, 4) is 11.8 Å². The van der Waals surface area contributed by atoms with E-state index < -0.39 is 17.7 Å². The number of aliphatic hydroxyl groups is 1. The summed E-state index contributed by atoms with van der Waals surface area (Å²) < 4.78 is 7.85. The average Bonchev–Trinajstić information content (AvgIpc) is 2.64. The van der Waals surface area contributed by atoms with Gasteiger partial charge in [0.15, 0.2) is 0 Å². The van der Waals surface area contributed by atoms with E-state index in [9.17, 15) is 15.2 Å². The van der Waals surface area contributed by atoms with Crippen LogP contribution in [0.25, 0.3) is 0 Å². The first-order valence-electron chi connectivity index (χ1n) is 8.73.